The fourth-order valence-electron chi connectivity index (χ4n) is 2.52. The van der Waals surface area contributed by atoms with Gasteiger partial charge in [-0.1, -0.05) is 20.8 Å². The molecule has 1 aromatic rings. The standard InChI is InChI=1S/C16H24N2OS/c1-16(2,3)8-9-20-15-12-7-5-4-6-11(12)13(10-17)14(19)18-15/h10,17H,4-9H2,1-3H3,(H,18,19). The van der Waals surface area contributed by atoms with Gasteiger partial charge in [0, 0.05) is 12.0 Å². The average molecular weight is 292 g/mol. The van der Waals surface area contributed by atoms with Crippen LogP contribution < -0.4 is 0 Å². The van der Waals surface area contributed by atoms with E-state index >= 15 is 0 Å². The molecule has 0 bridgehead atoms. The molecule has 0 saturated carbocycles. The van der Waals surface area contributed by atoms with Crippen LogP contribution in [0.3, 0.4) is 0 Å². The molecule has 3 nitrogen and oxygen atoms in total. The molecule has 4 heteroatoms. The van der Waals surface area contributed by atoms with E-state index in [4.69, 9.17) is 5.41 Å². The van der Waals surface area contributed by atoms with Crippen LogP contribution in [0.5, 0.6) is 5.88 Å². The number of aromatic nitrogens is 1. The lowest BCUT2D eigenvalue weighted by molar-refractivity contribution is 0.401. The Labute approximate surface area is 125 Å². The average Bonchev–Trinajstić information content (AvgIpc) is 2.37. The molecule has 1 heterocycles. The van der Waals surface area contributed by atoms with Crippen LogP contribution in [-0.2, 0) is 12.8 Å². The van der Waals surface area contributed by atoms with Gasteiger partial charge in [-0.25, -0.2) is 4.98 Å². The maximum Gasteiger partial charge on any atom is 0.221 e. The number of fused-ring (bicyclic) bond motifs is 1. The summed E-state index contributed by atoms with van der Waals surface area (Å²) in [5.41, 5.74) is 3.37. The molecule has 20 heavy (non-hydrogen) atoms. The van der Waals surface area contributed by atoms with Crippen molar-refractivity contribution in [2.24, 2.45) is 5.41 Å². The summed E-state index contributed by atoms with van der Waals surface area (Å²) in [4.78, 5) is 4.34. The molecule has 110 valence electrons. The first-order valence-corrected chi connectivity index (χ1v) is 8.29. The highest BCUT2D eigenvalue weighted by atomic mass is 32.2. The Morgan fingerprint density at radius 3 is 2.50 bits per heavy atom. The van der Waals surface area contributed by atoms with Crippen molar-refractivity contribution in [3.05, 3.63) is 16.7 Å². The third-order valence-electron chi connectivity index (χ3n) is 3.73. The van der Waals surface area contributed by atoms with E-state index in [1.165, 1.54) is 18.2 Å². The van der Waals surface area contributed by atoms with Gasteiger partial charge in [0.1, 0.15) is 5.03 Å². The number of hydrogen-bond acceptors (Lipinski definition) is 4. The largest absolute Gasteiger partial charge is 0.493 e. The van der Waals surface area contributed by atoms with Crippen LogP contribution in [0.4, 0.5) is 0 Å². The summed E-state index contributed by atoms with van der Waals surface area (Å²) in [6.45, 7) is 6.73. The zero-order chi connectivity index (χ0) is 14.8. The fraction of sp³-hybridized carbons (Fsp3) is 0.625. The van der Waals surface area contributed by atoms with Crippen LogP contribution >= 0.6 is 11.8 Å². The predicted octanol–water partition coefficient (Wildman–Crippen LogP) is 4.19. The molecule has 1 aliphatic rings. The van der Waals surface area contributed by atoms with Gasteiger partial charge in [-0.2, -0.15) is 0 Å². The highest BCUT2D eigenvalue weighted by Crippen LogP contribution is 2.36. The van der Waals surface area contributed by atoms with Crippen LogP contribution in [0.25, 0.3) is 0 Å². The molecule has 0 amide bonds. The molecule has 0 aliphatic heterocycles. The van der Waals surface area contributed by atoms with Crippen molar-refractivity contribution in [3.8, 4) is 5.88 Å². The summed E-state index contributed by atoms with van der Waals surface area (Å²) in [7, 11) is 0. The maximum atomic E-state index is 10.0. The van der Waals surface area contributed by atoms with E-state index in [-0.39, 0.29) is 5.88 Å². The number of nitrogens with zero attached hydrogens (tertiary/aromatic N) is 1. The Balaban J connectivity index is 2.25. The van der Waals surface area contributed by atoms with Crippen LogP contribution in [0, 0.1) is 10.8 Å². The van der Waals surface area contributed by atoms with Gasteiger partial charge in [-0.15, -0.1) is 11.8 Å². The van der Waals surface area contributed by atoms with Crippen LogP contribution in [-0.4, -0.2) is 22.1 Å². The molecule has 0 radical (unpaired) electrons. The molecule has 2 rings (SSSR count). The number of thioether (sulfide) groups is 1. The summed E-state index contributed by atoms with van der Waals surface area (Å²) in [5.74, 6) is 1.05. The van der Waals surface area contributed by atoms with Crippen molar-refractivity contribution < 1.29 is 5.11 Å². The quantitative estimate of drug-likeness (QED) is 0.646. The van der Waals surface area contributed by atoms with E-state index in [0.29, 0.717) is 11.0 Å². The molecule has 0 aromatic carbocycles. The van der Waals surface area contributed by atoms with Crippen LogP contribution in [0.2, 0.25) is 0 Å². The molecule has 2 N–H and O–H groups in total. The van der Waals surface area contributed by atoms with Gasteiger partial charge < -0.3 is 10.5 Å². The predicted molar refractivity (Wildman–Crippen MR) is 85.2 cm³/mol. The molecule has 0 atom stereocenters. The zero-order valence-corrected chi connectivity index (χ0v) is 13.4. The lowest BCUT2D eigenvalue weighted by Crippen LogP contribution is -2.11. The van der Waals surface area contributed by atoms with Gasteiger partial charge >= 0.3 is 0 Å². The van der Waals surface area contributed by atoms with Crippen molar-refractivity contribution in [2.75, 3.05) is 5.75 Å². The van der Waals surface area contributed by atoms with E-state index in [9.17, 15) is 5.11 Å². The molecule has 0 fully saturated rings. The number of rotatable bonds is 4. The van der Waals surface area contributed by atoms with E-state index < -0.39 is 0 Å². The van der Waals surface area contributed by atoms with Crippen molar-refractivity contribution >= 4 is 18.0 Å². The minimum Gasteiger partial charge on any atom is -0.493 e. The molecule has 0 unspecified atom stereocenters. The molecule has 1 aromatic heterocycles. The number of hydrogen-bond donors (Lipinski definition) is 2. The molecule has 1 aliphatic carbocycles. The topological polar surface area (TPSA) is 57.0 Å². The van der Waals surface area contributed by atoms with Gasteiger partial charge in [0.25, 0.3) is 0 Å². The van der Waals surface area contributed by atoms with Crippen LogP contribution in [0.15, 0.2) is 5.03 Å². The zero-order valence-electron chi connectivity index (χ0n) is 12.6. The third-order valence-corrected chi connectivity index (χ3v) is 4.75. The number of aromatic hydroxyl groups is 1. The monoisotopic (exact) mass is 292 g/mol. The number of nitrogens with one attached hydrogen (secondary N) is 1. The summed E-state index contributed by atoms with van der Waals surface area (Å²) < 4.78 is 0. The van der Waals surface area contributed by atoms with Gasteiger partial charge in [-0.3, -0.25) is 0 Å². The Kier molecular flexibility index (Phi) is 4.74. The van der Waals surface area contributed by atoms with Gasteiger partial charge in [0.15, 0.2) is 0 Å². The molecule has 0 saturated heterocycles. The third kappa shape index (κ3) is 3.54. The Bertz CT molecular complexity index is 506. The summed E-state index contributed by atoms with van der Waals surface area (Å²) in [6.07, 6.45) is 6.69. The van der Waals surface area contributed by atoms with Crippen molar-refractivity contribution in [1.29, 1.82) is 5.41 Å². The molecule has 0 spiro atoms. The van der Waals surface area contributed by atoms with Crippen molar-refractivity contribution in [3.63, 3.8) is 0 Å². The first-order valence-electron chi connectivity index (χ1n) is 7.30. The first kappa shape index (κ1) is 15.4. The highest BCUT2D eigenvalue weighted by molar-refractivity contribution is 7.99. The van der Waals surface area contributed by atoms with Crippen molar-refractivity contribution in [1.82, 2.24) is 4.98 Å². The Hall–Kier alpha value is -1.03. The molecular weight excluding hydrogens is 268 g/mol. The van der Waals surface area contributed by atoms with Crippen LogP contribution in [0.1, 0.15) is 56.7 Å². The van der Waals surface area contributed by atoms with E-state index in [1.54, 1.807) is 11.8 Å². The SMILES string of the molecule is CC(C)(C)CCSc1nc(O)c(C=N)c2c1CCCC2. The number of pyridine rings is 1. The molecular formula is C16H24N2OS. The summed E-state index contributed by atoms with van der Waals surface area (Å²) >= 11 is 1.75. The van der Waals surface area contributed by atoms with Gasteiger partial charge in [-0.05, 0) is 48.6 Å². The highest BCUT2D eigenvalue weighted by Gasteiger charge is 2.21. The normalized spacial score (nSPS) is 14.9. The Morgan fingerprint density at radius 2 is 1.90 bits per heavy atom. The second-order valence-corrected chi connectivity index (χ2v) is 7.71. The Morgan fingerprint density at radius 1 is 1.25 bits per heavy atom. The first-order chi connectivity index (χ1) is 9.42. The van der Waals surface area contributed by atoms with Crippen molar-refractivity contribution in [2.45, 2.75) is 57.9 Å². The lowest BCUT2D eigenvalue weighted by Gasteiger charge is -2.22. The minimum atomic E-state index is 0.0268. The smallest absolute Gasteiger partial charge is 0.221 e. The summed E-state index contributed by atoms with van der Waals surface area (Å²) in [6, 6.07) is 0. The second kappa shape index (κ2) is 6.17. The van der Waals surface area contributed by atoms with E-state index in [0.717, 1.165) is 42.0 Å². The van der Waals surface area contributed by atoms with E-state index in [2.05, 4.69) is 25.8 Å². The van der Waals surface area contributed by atoms with Gasteiger partial charge in [0.2, 0.25) is 5.88 Å². The minimum absolute atomic E-state index is 0.0268. The van der Waals surface area contributed by atoms with E-state index in [1.807, 2.05) is 0 Å². The maximum absolute atomic E-state index is 10.0. The lowest BCUT2D eigenvalue weighted by atomic mass is 9.90. The fourth-order valence-corrected chi connectivity index (χ4v) is 3.98. The van der Waals surface area contributed by atoms with Gasteiger partial charge in [0.05, 0.1) is 5.56 Å². The summed E-state index contributed by atoms with van der Waals surface area (Å²) in [5, 5.41) is 18.5. The second-order valence-electron chi connectivity index (χ2n) is 6.62.